The van der Waals surface area contributed by atoms with Gasteiger partial charge in [0, 0.05) is 23.2 Å². The molecule has 2 rings (SSSR count). The van der Waals surface area contributed by atoms with Gasteiger partial charge in [0.25, 0.3) is 5.91 Å². The first-order valence-electron chi connectivity index (χ1n) is 4.93. The van der Waals surface area contributed by atoms with E-state index in [-0.39, 0.29) is 16.5 Å². The summed E-state index contributed by atoms with van der Waals surface area (Å²) in [4.78, 5) is 25.0. The SMILES string of the molecule is Nc1nc(C(=O)Nc2ccc([N+](=O)[O-])c(F)c2)cs1. The van der Waals surface area contributed by atoms with E-state index in [2.05, 4.69) is 10.3 Å². The summed E-state index contributed by atoms with van der Waals surface area (Å²) in [5.41, 5.74) is 4.92. The Morgan fingerprint density at radius 3 is 2.79 bits per heavy atom. The molecule has 7 nitrogen and oxygen atoms in total. The first-order valence-corrected chi connectivity index (χ1v) is 5.81. The quantitative estimate of drug-likeness (QED) is 0.660. The van der Waals surface area contributed by atoms with Crippen molar-refractivity contribution < 1.29 is 14.1 Å². The number of rotatable bonds is 3. The zero-order valence-corrected chi connectivity index (χ0v) is 10.1. The molecular formula is C10H7FN4O3S. The second-order valence-corrected chi connectivity index (χ2v) is 4.34. The number of anilines is 2. The Bertz CT molecular complexity index is 658. The molecular weight excluding hydrogens is 275 g/mol. The van der Waals surface area contributed by atoms with Crippen molar-refractivity contribution >= 4 is 33.8 Å². The van der Waals surface area contributed by atoms with Crippen LogP contribution in [0.2, 0.25) is 0 Å². The molecule has 0 aliphatic heterocycles. The molecule has 0 saturated carbocycles. The van der Waals surface area contributed by atoms with Crippen LogP contribution in [0.15, 0.2) is 23.6 Å². The molecule has 1 amide bonds. The lowest BCUT2D eigenvalue weighted by molar-refractivity contribution is -0.387. The van der Waals surface area contributed by atoms with Gasteiger partial charge >= 0.3 is 5.69 Å². The van der Waals surface area contributed by atoms with Gasteiger partial charge in [0.2, 0.25) is 5.82 Å². The summed E-state index contributed by atoms with van der Waals surface area (Å²) < 4.78 is 13.3. The molecule has 0 radical (unpaired) electrons. The summed E-state index contributed by atoms with van der Waals surface area (Å²) in [6, 6.07) is 3.07. The van der Waals surface area contributed by atoms with Crippen LogP contribution in [-0.4, -0.2) is 15.8 Å². The van der Waals surface area contributed by atoms with Gasteiger partial charge in [-0.05, 0) is 6.07 Å². The van der Waals surface area contributed by atoms with Gasteiger partial charge in [-0.15, -0.1) is 11.3 Å². The average molecular weight is 282 g/mol. The Morgan fingerprint density at radius 2 is 2.26 bits per heavy atom. The fraction of sp³-hybridized carbons (Fsp3) is 0. The second kappa shape index (κ2) is 4.98. The maximum absolute atomic E-state index is 13.3. The number of carbonyl (C=O) groups is 1. The van der Waals surface area contributed by atoms with Crippen molar-refractivity contribution in [3.63, 3.8) is 0 Å². The van der Waals surface area contributed by atoms with E-state index < -0.39 is 22.3 Å². The summed E-state index contributed by atoms with van der Waals surface area (Å²) in [5, 5.41) is 14.5. The molecule has 0 atom stereocenters. The molecule has 0 fully saturated rings. The largest absolute Gasteiger partial charge is 0.375 e. The molecule has 9 heteroatoms. The van der Waals surface area contributed by atoms with E-state index in [9.17, 15) is 19.3 Å². The molecule has 1 aromatic carbocycles. The van der Waals surface area contributed by atoms with Crippen molar-refractivity contribution in [1.82, 2.24) is 4.98 Å². The Hall–Kier alpha value is -2.55. The number of nitro groups is 1. The van der Waals surface area contributed by atoms with Crippen LogP contribution >= 0.6 is 11.3 Å². The van der Waals surface area contributed by atoms with Gasteiger partial charge in [-0.2, -0.15) is 4.39 Å². The summed E-state index contributed by atoms with van der Waals surface area (Å²) in [7, 11) is 0. The predicted molar refractivity (Wildman–Crippen MR) is 67.5 cm³/mol. The first-order chi connectivity index (χ1) is 8.97. The Labute approximate surface area is 110 Å². The summed E-state index contributed by atoms with van der Waals surface area (Å²) in [6.45, 7) is 0. The maximum Gasteiger partial charge on any atom is 0.304 e. The van der Waals surface area contributed by atoms with E-state index in [1.54, 1.807) is 0 Å². The number of amides is 1. The zero-order chi connectivity index (χ0) is 14.0. The smallest absolute Gasteiger partial charge is 0.304 e. The van der Waals surface area contributed by atoms with E-state index in [1.165, 1.54) is 11.4 Å². The standard InChI is InChI=1S/C10H7FN4O3S/c11-6-3-5(1-2-8(6)15(17)18)13-9(16)7-4-19-10(12)14-7/h1-4H,(H2,12,14)(H,13,16). The summed E-state index contributed by atoms with van der Waals surface area (Å²) >= 11 is 1.10. The van der Waals surface area contributed by atoms with Gasteiger partial charge in [0.05, 0.1) is 4.92 Å². The fourth-order valence-corrected chi connectivity index (χ4v) is 1.86. The van der Waals surface area contributed by atoms with Gasteiger partial charge < -0.3 is 11.1 Å². The van der Waals surface area contributed by atoms with Gasteiger partial charge in [-0.1, -0.05) is 0 Å². The minimum absolute atomic E-state index is 0.0969. The Morgan fingerprint density at radius 1 is 1.53 bits per heavy atom. The van der Waals surface area contributed by atoms with Gasteiger partial charge in [-0.25, -0.2) is 4.98 Å². The molecule has 1 heterocycles. The molecule has 0 saturated heterocycles. The van der Waals surface area contributed by atoms with Crippen molar-refractivity contribution in [2.45, 2.75) is 0 Å². The summed E-state index contributed by atoms with van der Waals surface area (Å²) in [5.74, 6) is -1.60. The predicted octanol–water partition coefficient (Wildman–Crippen LogP) is 2.02. The number of hydrogen-bond acceptors (Lipinski definition) is 6. The van der Waals surface area contributed by atoms with E-state index in [0.717, 1.165) is 23.5 Å². The molecule has 0 aliphatic carbocycles. The lowest BCUT2D eigenvalue weighted by Crippen LogP contribution is -2.12. The average Bonchev–Trinajstić information content (AvgIpc) is 2.75. The third-order valence-corrected chi connectivity index (χ3v) is 2.83. The molecule has 0 bridgehead atoms. The number of carbonyl (C=O) groups excluding carboxylic acids is 1. The highest BCUT2D eigenvalue weighted by Gasteiger charge is 2.16. The number of aromatic nitrogens is 1. The van der Waals surface area contributed by atoms with Crippen molar-refractivity contribution in [2.75, 3.05) is 11.1 Å². The van der Waals surface area contributed by atoms with E-state index in [0.29, 0.717) is 0 Å². The summed E-state index contributed by atoms with van der Waals surface area (Å²) in [6.07, 6.45) is 0. The number of nitrogens with two attached hydrogens (primary N) is 1. The lowest BCUT2D eigenvalue weighted by atomic mass is 10.2. The van der Waals surface area contributed by atoms with E-state index >= 15 is 0 Å². The lowest BCUT2D eigenvalue weighted by Gasteiger charge is -2.03. The monoisotopic (exact) mass is 282 g/mol. The Balaban J connectivity index is 2.18. The van der Waals surface area contributed by atoms with Gasteiger partial charge in [0.1, 0.15) is 5.69 Å². The Kier molecular flexibility index (Phi) is 3.38. The highest BCUT2D eigenvalue weighted by molar-refractivity contribution is 7.13. The molecule has 0 unspecified atom stereocenters. The number of nitrogens with zero attached hydrogens (tertiary/aromatic N) is 2. The number of halogens is 1. The number of nitrogens with one attached hydrogen (secondary N) is 1. The van der Waals surface area contributed by atoms with Crippen molar-refractivity contribution in [3.8, 4) is 0 Å². The van der Waals surface area contributed by atoms with Crippen LogP contribution in [0.5, 0.6) is 0 Å². The van der Waals surface area contributed by atoms with Crippen LogP contribution in [0, 0.1) is 15.9 Å². The molecule has 19 heavy (non-hydrogen) atoms. The molecule has 0 spiro atoms. The first kappa shape index (κ1) is 12.9. The van der Waals surface area contributed by atoms with Crippen molar-refractivity contribution in [2.24, 2.45) is 0 Å². The third-order valence-electron chi connectivity index (χ3n) is 2.16. The normalized spacial score (nSPS) is 10.2. The third kappa shape index (κ3) is 2.83. The number of thiazole rings is 1. The minimum atomic E-state index is -1.03. The highest BCUT2D eigenvalue weighted by atomic mass is 32.1. The van der Waals surface area contributed by atoms with Crippen LogP contribution in [0.3, 0.4) is 0 Å². The van der Waals surface area contributed by atoms with E-state index in [1.807, 2.05) is 0 Å². The number of nitro benzene ring substituents is 1. The van der Waals surface area contributed by atoms with Crippen LogP contribution < -0.4 is 11.1 Å². The van der Waals surface area contributed by atoms with Crippen molar-refractivity contribution in [3.05, 3.63) is 45.2 Å². The molecule has 1 aromatic heterocycles. The number of hydrogen-bond donors (Lipinski definition) is 2. The molecule has 0 aliphatic rings. The van der Waals surface area contributed by atoms with Crippen molar-refractivity contribution in [1.29, 1.82) is 0 Å². The van der Waals surface area contributed by atoms with E-state index in [4.69, 9.17) is 5.73 Å². The van der Waals surface area contributed by atoms with Crippen LogP contribution in [-0.2, 0) is 0 Å². The van der Waals surface area contributed by atoms with Gasteiger partial charge in [-0.3, -0.25) is 14.9 Å². The topological polar surface area (TPSA) is 111 Å². The molecule has 2 aromatic rings. The van der Waals surface area contributed by atoms with Crippen LogP contribution in [0.4, 0.5) is 20.9 Å². The van der Waals surface area contributed by atoms with Crippen LogP contribution in [0.25, 0.3) is 0 Å². The highest BCUT2D eigenvalue weighted by Crippen LogP contribution is 2.21. The molecule has 3 N–H and O–H groups in total. The fourth-order valence-electron chi connectivity index (χ4n) is 1.32. The number of benzene rings is 1. The van der Waals surface area contributed by atoms with Gasteiger partial charge in [0.15, 0.2) is 5.13 Å². The number of nitrogen functional groups attached to an aromatic ring is 1. The van der Waals surface area contributed by atoms with Crippen LogP contribution in [0.1, 0.15) is 10.5 Å². The second-order valence-electron chi connectivity index (χ2n) is 3.45. The molecule has 98 valence electrons. The minimum Gasteiger partial charge on any atom is -0.375 e. The zero-order valence-electron chi connectivity index (χ0n) is 9.29. The maximum atomic E-state index is 13.3.